The van der Waals surface area contributed by atoms with E-state index in [9.17, 15) is 0 Å². The van der Waals surface area contributed by atoms with E-state index < -0.39 is 0 Å². The number of nitrogens with two attached hydrogens (primary N) is 1. The molecule has 0 radical (unpaired) electrons. The topological polar surface area (TPSA) is 38.5 Å². The molecule has 3 nitrogen and oxygen atoms in total. The monoisotopic (exact) mass is 184 g/mol. The quantitative estimate of drug-likeness (QED) is 0.692. The van der Waals surface area contributed by atoms with Crippen molar-refractivity contribution < 1.29 is 4.74 Å². The van der Waals surface area contributed by atoms with Crippen LogP contribution < -0.4 is 5.73 Å². The van der Waals surface area contributed by atoms with Gasteiger partial charge in [-0.3, -0.25) is 4.90 Å². The van der Waals surface area contributed by atoms with Crippen molar-refractivity contribution in [2.24, 2.45) is 11.1 Å². The van der Waals surface area contributed by atoms with E-state index in [4.69, 9.17) is 10.5 Å². The van der Waals surface area contributed by atoms with Crippen LogP contribution in [0.25, 0.3) is 0 Å². The van der Waals surface area contributed by atoms with E-state index >= 15 is 0 Å². The lowest BCUT2D eigenvalue weighted by Gasteiger charge is -2.42. The highest BCUT2D eigenvalue weighted by atomic mass is 16.5. The van der Waals surface area contributed by atoms with Crippen molar-refractivity contribution in [1.29, 1.82) is 0 Å². The maximum Gasteiger partial charge on any atom is 0.0554 e. The summed E-state index contributed by atoms with van der Waals surface area (Å²) < 4.78 is 5.26. The number of ether oxygens (including phenoxy) is 1. The summed E-state index contributed by atoms with van der Waals surface area (Å²) in [7, 11) is 0. The second kappa shape index (κ2) is 3.56. The first kappa shape index (κ1) is 9.44. The molecule has 0 saturated carbocycles. The van der Waals surface area contributed by atoms with Crippen LogP contribution in [0.3, 0.4) is 0 Å². The van der Waals surface area contributed by atoms with E-state index in [1.54, 1.807) is 0 Å². The SMILES string of the molecule is CC1(CN2CCCC2CN)COC1. The minimum atomic E-state index is 0.414. The molecule has 0 bridgehead atoms. The summed E-state index contributed by atoms with van der Waals surface area (Å²) in [5.74, 6) is 0. The predicted octanol–water partition coefficient (Wildman–Crippen LogP) is 0.446. The largest absolute Gasteiger partial charge is 0.380 e. The molecular weight excluding hydrogens is 164 g/mol. The molecule has 1 unspecified atom stereocenters. The lowest BCUT2D eigenvalue weighted by molar-refractivity contribution is -0.116. The number of rotatable bonds is 3. The molecule has 76 valence electrons. The maximum absolute atomic E-state index is 5.73. The van der Waals surface area contributed by atoms with Crippen LogP contribution in [0.4, 0.5) is 0 Å². The highest BCUT2D eigenvalue weighted by molar-refractivity contribution is 4.89. The van der Waals surface area contributed by atoms with Gasteiger partial charge in [0, 0.05) is 24.5 Å². The Kier molecular flexibility index (Phi) is 2.58. The van der Waals surface area contributed by atoms with Crippen LogP contribution >= 0.6 is 0 Å². The number of hydrogen-bond acceptors (Lipinski definition) is 3. The zero-order valence-corrected chi connectivity index (χ0v) is 8.46. The number of nitrogens with zero attached hydrogens (tertiary/aromatic N) is 1. The summed E-state index contributed by atoms with van der Waals surface area (Å²) in [5, 5.41) is 0. The Balaban J connectivity index is 1.86. The Morgan fingerprint density at radius 1 is 1.54 bits per heavy atom. The third kappa shape index (κ3) is 1.87. The van der Waals surface area contributed by atoms with Crippen molar-refractivity contribution >= 4 is 0 Å². The Bertz CT molecular complexity index is 180. The Morgan fingerprint density at radius 3 is 2.85 bits per heavy atom. The standard InChI is InChI=1S/C10H20N2O/c1-10(7-13-8-10)6-12-4-2-3-9(12)5-11/h9H,2-8,11H2,1H3. The lowest BCUT2D eigenvalue weighted by atomic mass is 9.88. The summed E-state index contributed by atoms with van der Waals surface area (Å²) in [6.45, 7) is 7.40. The molecule has 2 fully saturated rings. The van der Waals surface area contributed by atoms with Crippen molar-refractivity contribution in [3.05, 3.63) is 0 Å². The van der Waals surface area contributed by atoms with Crippen LogP contribution in [0.5, 0.6) is 0 Å². The van der Waals surface area contributed by atoms with E-state index in [1.807, 2.05) is 0 Å². The molecule has 0 aliphatic carbocycles. The summed E-state index contributed by atoms with van der Waals surface area (Å²) >= 11 is 0. The molecule has 2 aliphatic heterocycles. The first-order valence-corrected chi connectivity index (χ1v) is 5.25. The number of likely N-dealkylation sites (tertiary alicyclic amines) is 1. The van der Waals surface area contributed by atoms with E-state index in [0.717, 1.165) is 19.8 Å². The van der Waals surface area contributed by atoms with Gasteiger partial charge in [0.2, 0.25) is 0 Å². The van der Waals surface area contributed by atoms with Gasteiger partial charge >= 0.3 is 0 Å². The molecule has 3 heteroatoms. The molecule has 0 amide bonds. The van der Waals surface area contributed by atoms with Crippen LogP contribution in [0.2, 0.25) is 0 Å². The average Bonchev–Trinajstić information content (AvgIpc) is 2.49. The minimum Gasteiger partial charge on any atom is -0.380 e. The van der Waals surface area contributed by atoms with E-state index in [2.05, 4.69) is 11.8 Å². The van der Waals surface area contributed by atoms with Gasteiger partial charge < -0.3 is 10.5 Å². The normalized spacial score (nSPS) is 33.2. The molecule has 0 aromatic rings. The van der Waals surface area contributed by atoms with Gasteiger partial charge in [0.1, 0.15) is 0 Å². The summed E-state index contributed by atoms with van der Waals surface area (Å²) in [6, 6.07) is 0.637. The molecule has 2 saturated heterocycles. The van der Waals surface area contributed by atoms with Crippen molar-refractivity contribution in [3.8, 4) is 0 Å². The van der Waals surface area contributed by atoms with Gasteiger partial charge in [-0.15, -0.1) is 0 Å². The Labute approximate surface area is 80.2 Å². The zero-order chi connectivity index (χ0) is 9.31. The third-order valence-corrected chi connectivity index (χ3v) is 3.26. The zero-order valence-electron chi connectivity index (χ0n) is 8.46. The predicted molar refractivity (Wildman–Crippen MR) is 52.6 cm³/mol. The molecule has 0 aromatic heterocycles. The molecule has 0 aromatic carbocycles. The number of hydrogen-bond donors (Lipinski definition) is 1. The summed E-state index contributed by atoms with van der Waals surface area (Å²) in [4.78, 5) is 2.54. The average molecular weight is 184 g/mol. The van der Waals surface area contributed by atoms with Crippen LogP contribution in [0.1, 0.15) is 19.8 Å². The fourth-order valence-electron chi connectivity index (χ4n) is 2.40. The molecule has 13 heavy (non-hydrogen) atoms. The lowest BCUT2D eigenvalue weighted by Crippen LogP contribution is -2.51. The fourth-order valence-corrected chi connectivity index (χ4v) is 2.40. The van der Waals surface area contributed by atoms with Gasteiger partial charge in [0.15, 0.2) is 0 Å². The Morgan fingerprint density at radius 2 is 2.31 bits per heavy atom. The van der Waals surface area contributed by atoms with Crippen LogP contribution in [-0.4, -0.2) is 43.8 Å². The Hall–Kier alpha value is -0.120. The van der Waals surface area contributed by atoms with Crippen molar-refractivity contribution in [1.82, 2.24) is 4.90 Å². The van der Waals surface area contributed by atoms with E-state index in [-0.39, 0.29) is 0 Å². The first-order chi connectivity index (χ1) is 6.23. The van der Waals surface area contributed by atoms with E-state index in [0.29, 0.717) is 11.5 Å². The van der Waals surface area contributed by atoms with Crippen molar-refractivity contribution in [2.75, 3.05) is 32.8 Å². The smallest absolute Gasteiger partial charge is 0.0554 e. The highest BCUT2D eigenvalue weighted by Crippen LogP contribution is 2.30. The molecular formula is C10H20N2O. The molecule has 2 heterocycles. The van der Waals surface area contributed by atoms with Crippen molar-refractivity contribution in [2.45, 2.75) is 25.8 Å². The molecule has 0 spiro atoms. The van der Waals surface area contributed by atoms with Crippen molar-refractivity contribution in [3.63, 3.8) is 0 Å². The van der Waals surface area contributed by atoms with Gasteiger partial charge in [-0.05, 0) is 19.4 Å². The maximum atomic E-state index is 5.73. The molecule has 2 rings (SSSR count). The highest BCUT2D eigenvalue weighted by Gasteiger charge is 2.37. The van der Waals surface area contributed by atoms with Gasteiger partial charge in [-0.2, -0.15) is 0 Å². The van der Waals surface area contributed by atoms with Crippen LogP contribution in [0, 0.1) is 5.41 Å². The molecule has 1 atom stereocenters. The third-order valence-electron chi connectivity index (χ3n) is 3.26. The van der Waals surface area contributed by atoms with Gasteiger partial charge in [0.25, 0.3) is 0 Å². The second-order valence-electron chi connectivity index (χ2n) is 4.81. The van der Waals surface area contributed by atoms with Gasteiger partial charge in [0.05, 0.1) is 13.2 Å². The molecule has 2 aliphatic rings. The summed E-state index contributed by atoms with van der Waals surface area (Å²) in [6.07, 6.45) is 2.60. The minimum absolute atomic E-state index is 0.414. The fraction of sp³-hybridized carbons (Fsp3) is 1.00. The van der Waals surface area contributed by atoms with Crippen LogP contribution in [0.15, 0.2) is 0 Å². The van der Waals surface area contributed by atoms with Crippen LogP contribution in [-0.2, 0) is 4.74 Å². The van der Waals surface area contributed by atoms with E-state index in [1.165, 1.54) is 25.9 Å². The van der Waals surface area contributed by atoms with Gasteiger partial charge in [-0.25, -0.2) is 0 Å². The van der Waals surface area contributed by atoms with Gasteiger partial charge in [-0.1, -0.05) is 6.92 Å². The summed E-state index contributed by atoms with van der Waals surface area (Å²) in [5.41, 5.74) is 6.14. The molecule has 2 N–H and O–H groups in total. The second-order valence-corrected chi connectivity index (χ2v) is 4.81. The first-order valence-electron chi connectivity index (χ1n) is 5.25.